The van der Waals surface area contributed by atoms with Crippen LogP contribution in [0.2, 0.25) is 0 Å². The van der Waals surface area contributed by atoms with E-state index < -0.39 is 0 Å². The maximum atomic E-state index is 6.65. The van der Waals surface area contributed by atoms with Gasteiger partial charge in [-0.2, -0.15) is 0 Å². The first-order chi connectivity index (χ1) is 32.7. The molecule has 13 aromatic rings. The van der Waals surface area contributed by atoms with Crippen molar-refractivity contribution in [2.24, 2.45) is 0 Å². The van der Waals surface area contributed by atoms with Gasteiger partial charge in [0.25, 0.3) is 0 Å². The topological polar surface area (TPSA) is 32.8 Å². The second-order valence-corrected chi connectivity index (χ2v) is 17.0. The van der Waals surface area contributed by atoms with Crippen LogP contribution < -0.4 is 9.80 Å². The first-order valence-electron chi connectivity index (χ1n) is 22.4. The number of hydrogen-bond donors (Lipinski definition) is 0. The van der Waals surface area contributed by atoms with Crippen LogP contribution in [-0.4, -0.2) is 0 Å². The van der Waals surface area contributed by atoms with E-state index in [9.17, 15) is 0 Å². The van der Waals surface area contributed by atoms with Crippen LogP contribution in [0.3, 0.4) is 0 Å². The predicted molar refractivity (Wildman–Crippen MR) is 276 cm³/mol. The Morgan fingerprint density at radius 3 is 0.939 bits per heavy atom. The van der Waals surface area contributed by atoms with Gasteiger partial charge in [0.1, 0.15) is 22.3 Å². The first kappa shape index (κ1) is 37.7. The van der Waals surface area contributed by atoms with Gasteiger partial charge in [0.15, 0.2) is 0 Å². The Balaban J connectivity index is 0.864. The standard InChI is InChI=1S/C62H40N2O2/c1-5-13-41(14-6-1)43-21-27-51(28-22-43)63(49-17-9-3-10-18-49)53-31-25-45-35-55-57-39-58-56-36-46-26-32-54(34-48(46)38-60(56)66-62(58)40-61(57)65-59(55)37-47(45)33-53)64(50-19-11-4-12-20-50)52-29-23-44(24-30-52)42-15-7-2-8-16-42/h1-40H. The maximum Gasteiger partial charge on any atom is 0.139 e. The van der Waals surface area contributed by atoms with Gasteiger partial charge < -0.3 is 18.6 Å². The average molecular weight is 845 g/mol. The number of nitrogens with zero attached hydrogens (tertiary/aromatic N) is 2. The summed E-state index contributed by atoms with van der Waals surface area (Å²) in [6.07, 6.45) is 0. The van der Waals surface area contributed by atoms with Crippen molar-refractivity contribution in [1.82, 2.24) is 0 Å². The van der Waals surface area contributed by atoms with Crippen LogP contribution in [-0.2, 0) is 0 Å². The molecule has 0 amide bonds. The van der Waals surface area contributed by atoms with E-state index in [1.807, 2.05) is 0 Å². The molecule has 0 atom stereocenters. The second-order valence-electron chi connectivity index (χ2n) is 17.0. The van der Waals surface area contributed by atoms with Gasteiger partial charge in [0.2, 0.25) is 0 Å². The fraction of sp³-hybridized carbons (Fsp3) is 0. The summed E-state index contributed by atoms with van der Waals surface area (Å²) in [5, 5.41) is 8.83. The third-order valence-corrected chi connectivity index (χ3v) is 13.0. The molecule has 0 saturated carbocycles. The van der Waals surface area contributed by atoms with E-state index in [1.165, 1.54) is 22.3 Å². The molecule has 0 fully saturated rings. The average Bonchev–Trinajstić information content (AvgIpc) is 3.91. The fourth-order valence-corrected chi connectivity index (χ4v) is 9.70. The van der Waals surface area contributed by atoms with Crippen LogP contribution in [0.25, 0.3) is 87.7 Å². The Morgan fingerprint density at radius 1 is 0.212 bits per heavy atom. The molecule has 4 heteroatoms. The van der Waals surface area contributed by atoms with E-state index in [2.05, 4.69) is 252 Å². The molecule has 2 aromatic heterocycles. The van der Waals surface area contributed by atoms with Gasteiger partial charge in [-0.25, -0.2) is 0 Å². The minimum Gasteiger partial charge on any atom is -0.456 e. The Kier molecular flexibility index (Phi) is 8.81. The number of anilines is 6. The lowest BCUT2D eigenvalue weighted by atomic mass is 10.0. The molecular formula is C62H40N2O2. The number of benzene rings is 11. The molecule has 13 rings (SSSR count). The third kappa shape index (κ3) is 6.55. The molecular weight excluding hydrogens is 805 g/mol. The molecule has 0 aliphatic rings. The van der Waals surface area contributed by atoms with Crippen LogP contribution in [0.4, 0.5) is 34.1 Å². The number of fused-ring (bicyclic) bond motifs is 8. The highest BCUT2D eigenvalue weighted by molar-refractivity contribution is 6.18. The molecule has 0 spiro atoms. The molecule has 0 aliphatic heterocycles. The van der Waals surface area contributed by atoms with Crippen molar-refractivity contribution < 1.29 is 8.83 Å². The molecule has 0 N–H and O–H groups in total. The van der Waals surface area contributed by atoms with Crippen molar-refractivity contribution in [2.75, 3.05) is 9.80 Å². The van der Waals surface area contributed by atoms with Gasteiger partial charge in [-0.3, -0.25) is 0 Å². The van der Waals surface area contributed by atoms with Crippen LogP contribution in [0.5, 0.6) is 0 Å². The molecule has 11 aromatic carbocycles. The molecule has 0 bridgehead atoms. The summed E-state index contributed by atoms with van der Waals surface area (Å²) < 4.78 is 13.3. The van der Waals surface area contributed by atoms with E-state index in [1.54, 1.807) is 0 Å². The van der Waals surface area contributed by atoms with Crippen LogP contribution in [0.15, 0.2) is 251 Å². The lowest BCUT2D eigenvalue weighted by Crippen LogP contribution is -2.09. The number of rotatable bonds is 8. The Hall–Kier alpha value is -8.86. The minimum absolute atomic E-state index is 0.806. The SMILES string of the molecule is c1ccc(-c2ccc(N(c3ccccc3)c3ccc4cc5c(cc4c3)oc3cc4oc6cc7cc(N(c8ccccc8)c8ccc(-c9ccccc9)cc8)ccc7cc6c4cc35)cc2)cc1. The summed E-state index contributed by atoms with van der Waals surface area (Å²) >= 11 is 0. The molecule has 0 aliphatic carbocycles. The Bertz CT molecular complexity index is 3640. The molecule has 0 radical (unpaired) electrons. The molecule has 0 saturated heterocycles. The summed E-state index contributed by atoms with van der Waals surface area (Å²) in [6, 6.07) is 86.3. The van der Waals surface area contributed by atoms with Crippen LogP contribution >= 0.6 is 0 Å². The molecule has 0 unspecified atom stereocenters. The monoisotopic (exact) mass is 844 g/mol. The highest BCUT2D eigenvalue weighted by Crippen LogP contribution is 2.43. The summed E-state index contributed by atoms with van der Waals surface area (Å²) in [4.78, 5) is 4.62. The van der Waals surface area contributed by atoms with Gasteiger partial charge in [0.05, 0.1) is 0 Å². The van der Waals surface area contributed by atoms with Crippen molar-refractivity contribution in [3.63, 3.8) is 0 Å². The van der Waals surface area contributed by atoms with Crippen molar-refractivity contribution in [3.05, 3.63) is 243 Å². The van der Waals surface area contributed by atoms with Crippen LogP contribution in [0.1, 0.15) is 0 Å². The van der Waals surface area contributed by atoms with E-state index in [0.717, 1.165) is 99.5 Å². The second kappa shape index (κ2) is 15.4. The zero-order chi connectivity index (χ0) is 43.6. The van der Waals surface area contributed by atoms with Gasteiger partial charge in [-0.15, -0.1) is 0 Å². The minimum atomic E-state index is 0.806. The van der Waals surface area contributed by atoms with E-state index in [4.69, 9.17) is 8.83 Å². The van der Waals surface area contributed by atoms with E-state index in [0.29, 0.717) is 0 Å². The number of furan rings is 2. The van der Waals surface area contributed by atoms with E-state index in [-0.39, 0.29) is 0 Å². The lowest BCUT2D eigenvalue weighted by molar-refractivity contribution is 0.656. The lowest BCUT2D eigenvalue weighted by Gasteiger charge is -2.26. The summed E-state index contributed by atoms with van der Waals surface area (Å²) in [7, 11) is 0. The number of hydrogen-bond acceptors (Lipinski definition) is 4. The maximum absolute atomic E-state index is 6.65. The summed E-state index contributed by atoms with van der Waals surface area (Å²) in [5.74, 6) is 0. The van der Waals surface area contributed by atoms with Gasteiger partial charge in [-0.1, -0.05) is 133 Å². The highest BCUT2D eigenvalue weighted by Gasteiger charge is 2.19. The first-order valence-corrected chi connectivity index (χ1v) is 22.4. The largest absolute Gasteiger partial charge is 0.456 e. The quantitative estimate of drug-likeness (QED) is 0.153. The fourth-order valence-electron chi connectivity index (χ4n) is 9.70. The highest BCUT2D eigenvalue weighted by atomic mass is 16.3. The van der Waals surface area contributed by atoms with Crippen LogP contribution in [0, 0.1) is 0 Å². The normalized spacial score (nSPS) is 11.6. The Labute approximate surface area is 381 Å². The zero-order valence-corrected chi connectivity index (χ0v) is 35.8. The summed E-state index contributed by atoms with van der Waals surface area (Å²) in [5.41, 5.74) is 14.6. The Morgan fingerprint density at radius 2 is 0.530 bits per heavy atom. The smallest absolute Gasteiger partial charge is 0.139 e. The van der Waals surface area contributed by atoms with Crippen molar-refractivity contribution in [2.45, 2.75) is 0 Å². The van der Waals surface area contributed by atoms with E-state index >= 15 is 0 Å². The van der Waals surface area contributed by atoms with Gasteiger partial charge in [-0.05, 0) is 147 Å². The number of para-hydroxylation sites is 2. The molecule has 4 nitrogen and oxygen atoms in total. The third-order valence-electron chi connectivity index (χ3n) is 13.0. The van der Waals surface area contributed by atoms with Gasteiger partial charge in [0, 0.05) is 61.7 Å². The van der Waals surface area contributed by atoms with Crippen molar-refractivity contribution in [3.8, 4) is 22.3 Å². The molecule has 310 valence electrons. The van der Waals surface area contributed by atoms with Gasteiger partial charge >= 0.3 is 0 Å². The van der Waals surface area contributed by atoms with Crippen molar-refractivity contribution >= 4 is 99.5 Å². The zero-order valence-electron chi connectivity index (χ0n) is 35.8. The summed E-state index contributed by atoms with van der Waals surface area (Å²) in [6.45, 7) is 0. The molecule has 2 heterocycles. The predicted octanol–water partition coefficient (Wildman–Crippen LogP) is 18.1. The molecule has 66 heavy (non-hydrogen) atoms. The van der Waals surface area contributed by atoms with Crippen molar-refractivity contribution in [1.29, 1.82) is 0 Å².